The van der Waals surface area contributed by atoms with Gasteiger partial charge in [0.1, 0.15) is 0 Å². The fourth-order valence-corrected chi connectivity index (χ4v) is 1.37. The molecule has 0 atom stereocenters. The molecule has 0 fully saturated rings. The van der Waals surface area contributed by atoms with Gasteiger partial charge in [-0.05, 0) is 31.5 Å². The first-order valence-electron chi connectivity index (χ1n) is 4.18. The van der Waals surface area contributed by atoms with Crippen molar-refractivity contribution < 1.29 is 21.9 Å². The van der Waals surface area contributed by atoms with Crippen LogP contribution in [0, 0.1) is 6.92 Å². The molecule has 0 aliphatic rings. The van der Waals surface area contributed by atoms with Gasteiger partial charge in [-0.3, -0.25) is 4.55 Å². The molecule has 1 radical (unpaired) electrons. The smallest absolute Gasteiger partial charge is 0.446 e. The molecule has 0 aromatic heterocycles. The van der Waals surface area contributed by atoms with Crippen LogP contribution in [0.15, 0.2) is 18.2 Å². The van der Waals surface area contributed by atoms with E-state index < -0.39 is 10.4 Å². The van der Waals surface area contributed by atoms with E-state index >= 15 is 0 Å². The lowest BCUT2D eigenvalue weighted by Gasteiger charge is -2.09. The number of benzene rings is 1. The molecule has 15 heavy (non-hydrogen) atoms. The third kappa shape index (κ3) is 3.77. The first-order chi connectivity index (χ1) is 6.92. The van der Waals surface area contributed by atoms with Crippen molar-refractivity contribution in [2.75, 3.05) is 6.61 Å². The van der Waals surface area contributed by atoms with Gasteiger partial charge in [0.2, 0.25) is 0 Å². The molecule has 5 nitrogen and oxygen atoms in total. The van der Waals surface area contributed by atoms with E-state index in [0.29, 0.717) is 12.2 Å². The van der Waals surface area contributed by atoms with Crippen molar-refractivity contribution in [1.29, 1.82) is 0 Å². The van der Waals surface area contributed by atoms with Gasteiger partial charge in [0.25, 0.3) is 0 Å². The van der Waals surface area contributed by atoms with Crippen molar-refractivity contribution >= 4 is 10.4 Å². The molecule has 1 aromatic carbocycles. The lowest BCUT2D eigenvalue weighted by molar-refractivity contribution is 0.319. The van der Waals surface area contributed by atoms with Crippen LogP contribution in [0.25, 0.3) is 0 Å². The molecule has 1 N–H and O–H groups in total. The molecule has 0 amide bonds. The van der Waals surface area contributed by atoms with Gasteiger partial charge in [0.05, 0.1) is 6.61 Å². The summed E-state index contributed by atoms with van der Waals surface area (Å²) in [6, 6.07) is 4.42. The van der Waals surface area contributed by atoms with E-state index in [4.69, 9.17) is 9.29 Å². The zero-order valence-electron chi connectivity index (χ0n) is 8.13. The molecule has 0 spiro atoms. The fourth-order valence-electron chi connectivity index (χ4n) is 1.00. The van der Waals surface area contributed by atoms with Crippen molar-refractivity contribution in [1.82, 2.24) is 0 Å². The predicted molar refractivity (Wildman–Crippen MR) is 54.2 cm³/mol. The molecule has 1 rings (SSSR count). The Hall–Kier alpha value is -1.27. The van der Waals surface area contributed by atoms with E-state index in [2.05, 4.69) is 11.1 Å². The van der Waals surface area contributed by atoms with E-state index in [9.17, 15) is 8.42 Å². The molecule has 83 valence electrons. The average molecular weight is 231 g/mol. The number of ether oxygens (including phenoxy) is 1. The van der Waals surface area contributed by atoms with Gasteiger partial charge in [-0.25, -0.2) is 0 Å². The fraction of sp³-hybridized carbons (Fsp3) is 0.222. The Morgan fingerprint density at radius 1 is 1.40 bits per heavy atom. The lowest BCUT2D eigenvalue weighted by atomic mass is 10.2. The molecule has 0 unspecified atom stereocenters. The van der Waals surface area contributed by atoms with Gasteiger partial charge < -0.3 is 8.92 Å². The molecule has 0 saturated carbocycles. The van der Waals surface area contributed by atoms with Crippen LogP contribution in [0.5, 0.6) is 11.5 Å². The Morgan fingerprint density at radius 3 is 2.60 bits per heavy atom. The van der Waals surface area contributed by atoms with Gasteiger partial charge >= 0.3 is 10.4 Å². The average Bonchev–Trinajstić information content (AvgIpc) is 2.08. The summed E-state index contributed by atoms with van der Waals surface area (Å²) in [5.41, 5.74) is 0.654. The minimum absolute atomic E-state index is 0.0632. The first-order valence-corrected chi connectivity index (χ1v) is 5.54. The van der Waals surface area contributed by atoms with Crippen molar-refractivity contribution in [3.05, 3.63) is 30.7 Å². The largest absolute Gasteiger partial charge is 0.490 e. The zero-order chi connectivity index (χ0) is 11.5. The summed E-state index contributed by atoms with van der Waals surface area (Å²) in [4.78, 5) is 0. The van der Waals surface area contributed by atoms with E-state index in [-0.39, 0.29) is 11.5 Å². The molecular weight excluding hydrogens is 220 g/mol. The summed E-state index contributed by atoms with van der Waals surface area (Å²) in [7, 11) is -4.53. The van der Waals surface area contributed by atoms with E-state index in [1.54, 1.807) is 13.0 Å². The molecule has 1 aromatic rings. The summed E-state index contributed by atoms with van der Waals surface area (Å²) >= 11 is 0. The Labute approximate surface area is 88.6 Å². The van der Waals surface area contributed by atoms with Crippen molar-refractivity contribution in [2.24, 2.45) is 0 Å². The SMILES string of the molecule is [CH2]c1ccc(OS(=O)(=O)O)c(OCC)c1. The summed E-state index contributed by atoms with van der Waals surface area (Å²) < 4.78 is 39.0. The third-order valence-corrected chi connectivity index (χ3v) is 1.89. The van der Waals surface area contributed by atoms with Crippen LogP contribution in [-0.2, 0) is 10.4 Å². The number of hydrogen-bond acceptors (Lipinski definition) is 4. The quantitative estimate of drug-likeness (QED) is 0.794. The van der Waals surface area contributed by atoms with Gasteiger partial charge in [-0.1, -0.05) is 6.07 Å². The van der Waals surface area contributed by atoms with Gasteiger partial charge in [-0.15, -0.1) is 0 Å². The highest BCUT2D eigenvalue weighted by Gasteiger charge is 2.12. The van der Waals surface area contributed by atoms with Gasteiger partial charge in [-0.2, -0.15) is 8.42 Å². The second-order valence-electron chi connectivity index (χ2n) is 2.73. The highest BCUT2D eigenvalue weighted by Crippen LogP contribution is 2.29. The minimum atomic E-state index is -4.53. The monoisotopic (exact) mass is 231 g/mol. The molecule has 0 saturated heterocycles. The second kappa shape index (κ2) is 4.50. The standard InChI is InChI=1S/C9H11O5S/c1-3-13-9-6-7(2)4-5-8(9)14-15(10,11)12/h4-6H,2-3H2,1H3,(H,10,11,12). The van der Waals surface area contributed by atoms with Crippen molar-refractivity contribution in [3.8, 4) is 11.5 Å². The first kappa shape index (κ1) is 11.8. The van der Waals surface area contributed by atoms with Crippen LogP contribution in [-0.4, -0.2) is 19.6 Å². The Bertz CT molecular complexity index is 438. The van der Waals surface area contributed by atoms with Gasteiger partial charge in [0.15, 0.2) is 11.5 Å². The summed E-state index contributed by atoms with van der Waals surface area (Å²) in [5, 5.41) is 0. The molecule has 0 heterocycles. The van der Waals surface area contributed by atoms with Crippen LogP contribution < -0.4 is 8.92 Å². The number of rotatable bonds is 4. The van der Waals surface area contributed by atoms with E-state index in [1.807, 2.05) is 0 Å². The van der Waals surface area contributed by atoms with Crippen LogP contribution >= 0.6 is 0 Å². The number of hydrogen-bond donors (Lipinski definition) is 1. The van der Waals surface area contributed by atoms with Crippen molar-refractivity contribution in [3.63, 3.8) is 0 Å². The predicted octanol–water partition coefficient (Wildman–Crippen LogP) is 1.45. The van der Waals surface area contributed by atoms with Crippen LogP contribution in [0.4, 0.5) is 0 Å². The topological polar surface area (TPSA) is 72.8 Å². The summed E-state index contributed by atoms with van der Waals surface area (Å²) in [6.07, 6.45) is 0. The van der Waals surface area contributed by atoms with Crippen LogP contribution in [0.1, 0.15) is 12.5 Å². The van der Waals surface area contributed by atoms with Crippen molar-refractivity contribution in [2.45, 2.75) is 6.92 Å². The maximum Gasteiger partial charge on any atom is 0.446 e. The van der Waals surface area contributed by atoms with E-state index in [1.165, 1.54) is 12.1 Å². The molecule has 0 aliphatic carbocycles. The molecule has 6 heteroatoms. The minimum Gasteiger partial charge on any atom is -0.490 e. The normalized spacial score (nSPS) is 11.1. The maximum absolute atomic E-state index is 10.5. The lowest BCUT2D eigenvalue weighted by Crippen LogP contribution is -2.08. The molecular formula is C9H11O5S. The Morgan fingerprint density at radius 2 is 2.07 bits per heavy atom. The van der Waals surface area contributed by atoms with Crippen LogP contribution in [0.3, 0.4) is 0 Å². The summed E-state index contributed by atoms with van der Waals surface area (Å²) in [6.45, 7) is 5.75. The second-order valence-corrected chi connectivity index (χ2v) is 3.75. The molecule has 0 aliphatic heterocycles. The maximum atomic E-state index is 10.5. The Balaban J connectivity index is 3.05. The summed E-state index contributed by atoms with van der Waals surface area (Å²) in [5.74, 6) is 0.161. The van der Waals surface area contributed by atoms with Crippen LogP contribution in [0.2, 0.25) is 0 Å². The highest BCUT2D eigenvalue weighted by atomic mass is 32.3. The van der Waals surface area contributed by atoms with E-state index in [0.717, 1.165) is 0 Å². The Kier molecular flexibility index (Phi) is 3.54. The highest BCUT2D eigenvalue weighted by molar-refractivity contribution is 7.81. The zero-order valence-corrected chi connectivity index (χ0v) is 8.95. The molecule has 0 bridgehead atoms. The van der Waals surface area contributed by atoms with Gasteiger partial charge in [0, 0.05) is 0 Å². The third-order valence-electron chi connectivity index (χ3n) is 1.50.